The molecular weight excluding hydrogens is 251 g/mol. The van der Waals surface area contributed by atoms with Gasteiger partial charge in [0.15, 0.2) is 0 Å². The molecule has 0 radical (unpaired) electrons. The van der Waals surface area contributed by atoms with Gasteiger partial charge in [-0.15, -0.1) is 0 Å². The van der Waals surface area contributed by atoms with Crippen molar-refractivity contribution in [3.63, 3.8) is 0 Å². The molecule has 0 aliphatic rings. The van der Waals surface area contributed by atoms with Crippen LogP contribution in [0.1, 0.15) is 5.56 Å². The summed E-state index contributed by atoms with van der Waals surface area (Å²) in [5.74, 6) is -0.478. The van der Waals surface area contributed by atoms with E-state index in [1.165, 1.54) is 13.1 Å². The molecule has 0 saturated carbocycles. The summed E-state index contributed by atoms with van der Waals surface area (Å²) in [6.07, 6.45) is -0.739. The van der Waals surface area contributed by atoms with Crippen molar-refractivity contribution in [3.8, 4) is 0 Å². The quantitative estimate of drug-likeness (QED) is 0.624. The molecule has 1 rings (SSSR count). The van der Waals surface area contributed by atoms with Crippen molar-refractivity contribution < 1.29 is 19.0 Å². The van der Waals surface area contributed by atoms with Crippen molar-refractivity contribution in [1.82, 2.24) is 10.6 Å². The minimum Gasteiger partial charge on any atom is -0.389 e. The van der Waals surface area contributed by atoms with E-state index in [1.54, 1.807) is 18.2 Å². The van der Waals surface area contributed by atoms with Crippen LogP contribution in [-0.2, 0) is 16.1 Å². The molecule has 0 aliphatic carbocycles. The Morgan fingerprint density at radius 1 is 1.47 bits per heavy atom. The van der Waals surface area contributed by atoms with Gasteiger partial charge in [0.1, 0.15) is 5.82 Å². The lowest BCUT2D eigenvalue weighted by atomic mass is 10.2. The molecule has 3 N–H and O–H groups in total. The van der Waals surface area contributed by atoms with E-state index in [1.807, 2.05) is 0 Å². The second-order valence-electron chi connectivity index (χ2n) is 4.06. The number of hydrogen-bond acceptors (Lipinski definition) is 4. The van der Waals surface area contributed by atoms with Gasteiger partial charge in [-0.3, -0.25) is 4.79 Å². The van der Waals surface area contributed by atoms with Crippen LogP contribution in [0, 0.1) is 5.82 Å². The Kier molecular flexibility index (Phi) is 7.02. The number of hydrogen-bond donors (Lipinski definition) is 3. The van der Waals surface area contributed by atoms with Crippen LogP contribution in [0.5, 0.6) is 0 Å². The molecule has 0 saturated heterocycles. The molecule has 1 aromatic carbocycles. The number of carbonyl (C=O) groups excluding carboxylic acids is 1. The van der Waals surface area contributed by atoms with E-state index in [0.717, 1.165) is 0 Å². The van der Waals surface area contributed by atoms with Gasteiger partial charge < -0.3 is 20.5 Å². The van der Waals surface area contributed by atoms with Crippen molar-refractivity contribution in [1.29, 1.82) is 0 Å². The number of carbonyl (C=O) groups is 1. The number of rotatable bonds is 8. The zero-order valence-corrected chi connectivity index (χ0v) is 10.9. The molecule has 1 amide bonds. The van der Waals surface area contributed by atoms with Gasteiger partial charge >= 0.3 is 0 Å². The van der Waals surface area contributed by atoms with Crippen molar-refractivity contribution in [2.24, 2.45) is 0 Å². The number of halogens is 1. The fourth-order valence-electron chi connectivity index (χ4n) is 1.42. The first-order valence-corrected chi connectivity index (χ1v) is 6.04. The number of amides is 1. The summed E-state index contributed by atoms with van der Waals surface area (Å²) in [5.41, 5.74) is 0.452. The number of aliphatic hydroxyl groups excluding tert-OH is 1. The molecule has 106 valence electrons. The maximum absolute atomic E-state index is 13.2. The lowest BCUT2D eigenvalue weighted by Gasteiger charge is -2.12. The third-order valence-electron chi connectivity index (χ3n) is 2.47. The Labute approximate surface area is 111 Å². The fraction of sp³-hybridized carbons (Fsp3) is 0.462. The van der Waals surface area contributed by atoms with Crippen LogP contribution in [0.4, 0.5) is 4.39 Å². The van der Waals surface area contributed by atoms with E-state index in [-0.39, 0.29) is 38.0 Å². The first-order valence-electron chi connectivity index (χ1n) is 6.04. The highest BCUT2D eigenvalue weighted by molar-refractivity contribution is 5.77. The standard InChI is InChI=1S/C13H19FN2O3/c1-15-13(18)7-16-6-11(17)9-19-8-10-4-2-3-5-12(10)14/h2-5,11,16-17H,6-9H2,1H3,(H,15,18). The zero-order valence-electron chi connectivity index (χ0n) is 10.9. The molecule has 0 aliphatic heterocycles. The van der Waals surface area contributed by atoms with Crippen LogP contribution >= 0.6 is 0 Å². The molecule has 0 heterocycles. The van der Waals surface area contributed by atoms with Gasteiger partial charge in [0.05, 0.1) is 25.9 Å². The van der Waals surface area contributed by atoms with Crippen LogP contribution in [0.25, 0.3) is 0 Å². The Bertz CT molecular complexity index is 401. The van der Waals surface area contributed by atoms with Crippen LogP contribution < -0.4 is 10.6 Å². The van der Waals surface area contributed by atoms with E-state index >= 15 is 0 Å². The Balaban J connectivity index is 2.15. The first kappa shape index (κ1) is 15.6. The number of aliphatic hydroxyl groups is 1. The summed E-state index contributed by atoms with van der Waals surface area (Å²) in [7, 11) is 1.54. The third-order valence-corrected chi connectivity index (χ3v) is 2.47. The lowest BCUT2D eigenvalue weighted by Crippen LogP contribution is -2.37. The Morgan fingerprint density at radius 3 is 2.89 bits per heavy atom. The van der Waals surface area contributed by atoms with Gasteiger partial charge in [-0.25, -0.2) is 4.39 Å². The molecule has 0 fully saturated rings. The molecule has 0 spiro atoms. The zero-order chi connectivity index (χ0) is 14.1. The van der Waals surface area contributed by atoms with Crippen molar-refractivity contribution in [2.45, 2.75) is 12.7 Å². The van der Waals surface area contributed by atoms with E-state index in [2.05, 4.69) is 10.6 Å². The molecular formula is C13H19FN2O3. The average molecular weight is 270 g/mol. The molecule has 0 bridgehead atoms. The van der Waals surface area contributed by atoms with Gasteiger partial charge in [-0.1, -0.05) is 18.2 Å². The molecule has 1 aromatic rings. The maximum atomic E-state index is 13.2. The van der Waals surface area contributed by atoms with Crippen LogP contribution in [0.3, 0.4) is 0 Å². The SMILES string of the molecule is CNC(=O)CNCC(O)COCc1ccccc1F. The summed E-state index contributed by atoms with van der Waals surface area (Å²) < 4.78 is 18.5. The minimum atomic E-state index is -0.739. The van der Waals surface area contributed by atoms with Gasteiger partial charge in [0, 0.05) is 19.2 Å². The minimum absolute atomic E-state index is 0.0785. The lowest BCUT2D eigenvalue weighted by molar-refractivity contribution is -0.119. The van der Waals surface area contributed by atoms with E-state index in [9.17, 15) is 14.3 Å². The fourth-order valence-corrected chi connectivity index (χ4v) is 1.42. The number of benzene rings is 1. The molecule has 1 unspecified atom stereocenters. The largest absolute Gasteiger partial charge is 0.389 e. The number of nitrogens with one attached hydrogen (secondary N) is 2. The molecule has 0 aromatic heterocycles. The molecule has 19 heavy (non-hydrogen) atoms. The number of ether oxygens (including phenoxy) is 1. The van der Waals surface area contributed by atoms with Crippen LogP contribution in [0.15, 0.2) is 24.3 Å². The Morgan fingerprint density at radius 2 is 2.21 bits per heavy atom. The molecule has 1 atom stereocenters. The summed E-state index contributed by atoms with van der Waals surface area (Å²) in [6.45, 7) is 0.569. The first-order chi connectivity index (χ1) is 9.13. The van der Waals surface area contributed by atoms with Gasteiger partial charge in [-0.05, 0) is 6.07 Å². The van der Waals surface area contributed by atoms with Gasteiger partial charge in [-0.2, -0.15) is 0 Å². The van der Waals surface area contributed by atoms with Crippen molar-refractivity contribution in [2.75, 3.05) is 26.7 Å². The summed E-state index contributed by atoms with van der Waals surface area (Å²) >= 11 is 0. The summed E-state index contributed by atoms with van der Waals surface area (Å²) in [4.78, 5) is 10.9. The second kappa shape index (κ2) is 8.58. The van der Waals surface area contributed by atoms with Crippen molar-refractivity contribution >= 4 is 5.91 Å². The van der Waals surface area contributed by atoms with E-state index in [0.29, 0.717) is 5.56 Å². The van der Waals surface area contributed by atoms with E-state index in [4.69, 9.17) is 4.74 Å². The number of likely N-dealkylation sites (N-methyl/N-ethyl adjacent to an activating group) is 1. The monoisotopic (exact) mass is 270 g/mol. The summed E-state index contributed by atoms with van der Waals surface area (Å²) in [5, 5.41) is 14.8. The van der Waals surface area contributed by atoms with E-state index < -0.39 is 6.10 Å². The molecule has 6 heteroatoms. The van der Waals surface area contributed by atoms with Gasteiger partial charge in [0.25, 0.3) is 0 Å². The normalized spacial score (nSPS) is 12.2. The smallest absolute Gasteiger partial charge is 0.233 e. The van der Waals surface area contributed by atoms with Crippen LogP contribution in [-0.4, -0.2) is 43.9 Å². The average Bonchev–Trinajstić information content (AvgIpc) is 2.40. The second-order valence-corrected chi connectivity index (χ2v) is 4.06. The summed E-state index contributed by atoms with van der Waals surface area (Å²) in [6, 6.07) is 6.32. The highest BCUT2D eigenvalue weighted by Gasteiger charge is 2.06. The van der Waals surface area contributed by atoms with Gasteiger partial charge in [0.2, 0.25) is 5.91 Å². The van der Waals surface area contributed by atoms with Crippen LogP contribution in [0.2, 0.25) is 0 Å². The maximum Gasteiger partial charge on any atom is 0.233 e. The predicted octanol–water partition coefficient (Wildman–Crippen LogP) is 0.0388. The highest BCUT2D eigenvalue weighted by atomic mass is 19.1. The van der Waals surface area contributed by atoms with Crippen molar-refractivity contribution in [3.05, 3.63) is 35.6 Å². The highest BCUT2D eigenvalue weighted by Crippen LogP contribution is 2.07. The topological polar surface area (TPSA) is 70.6 Å². The predicted molar refractivity (Wildman–Crippen MR) is 69.0 cm³/mol. The third kappa shape index (κ3) is 6.28. The molecule has 5 nitrogen and oxygen atoms in total. The Hall–Kier alpha value is -1.50.